The van der Waals surface area contributed by atoms with Gasteiger partial charge in [0.1, 0.15) is 12.2 Å². The monoisotopic (exact) mass is 375 g/mol. The standard InChI is InChI=1S/C21H29NO5/c1-5-9-16(13-18(23)27-21(2,3)4)19(24)22-17(14-26-20(22)25)12-15-10-7-6-8-11-15/h6-8,10-11,16-17H,5,9,12-14H2,1-4H3/t16-,17?/m1/s1. The molecule has 1 aromatic carbocycles. The zero-order valence-electron chi connectivity index (χ0n) is 16.6. The maximum absolute atomic E-state index is 13.1. The summed E-state index contributed by atoms with van der Waals surface area (Å²) in [7, 11) is 0. The number of hydrogen-bond acceptors (Lipinski definition) is 5. The lowest BCUT2D eigenvalue weighted by Crippen LogP contribution is -2.44. The topological polar surface area (TPSA) is 72.9 Å². The average molecular weight is 375 g/mol. The van der Waals surface area contributed by atoms with Gasteiger partial charge in [0, 0.05) is 5.92 Å². The van der Waals surface area contributed by atoms with Crippen molar-refractivity contribution in [3.63, 3.8) is 0 Å². The molecule has 1 fully saturated rings. The molecule has 0 bridgehead atoms. The van der Waals surface area contributed by atoms with Gasteiger partial charge in [-0.3, -0.25) is 9.59 Å². The van der Waals surface area contributed by atoms with E-state index >= 15 is 0 Å². The highest BCUT2D eigenvalue weighted by atomic mass is 16.6. The van der Waals surface area contributed by atoms with E-state index in [-0.39, 0.29) is 25.0 Å². The van der Waals surface area contributed by atoms with Gasteiger partial charge in [-0.2, -0.15) is 0 Å². The van der Waals surface area contributed by atoms with Crippen LogP contribution in [0.5, 0.6) is 0 Å². The number of esters is 1. The second-order valence-electron chi connectivity index (χ2n) is 7.90. The first-order valence-electron chi connectivity index (χ1n) is 9.47. The molecule has 2 rings (SSSR count). The van der Waals surface area contributed by atoms with Crippen LogP contribution in [0, 0.1) is 5.92 Å². The Morgan fingerprint density at radius 1 is 1.26 bits per heavy atom. The molecule has 1 aromatic rings. The summed E-state index contributed by atoms with van der Waals surface area (Å²) in [5.74, 6) is -1.37. The van der Waals surface area contributed by atoms with E-state index in [0.717, 1.165) is 12.0 Å². The second-order valence-corrected chi connectivity index (χ2v) is 7.90. The fourth-order valence-corrected chi connectivity index (χ4v) is 3.21. The Morgan fingerprint density at radius 2 is 1.93 bits per heavy atom. The van der Waals surface area contributed by atoms with Crippen LogP contribution in [0.25, 0.3) is 0 Å². The minimum absolute atomic E-state index is 0.0359. The first-order valence-corrected chi connectivity index (χ1v) is 9.47. The molecule has 2 atom stereocenters. The van der Waals surface area contributed by atoms with Crippen molar-refractivity contribution >= 4 is 18.0 Å². The fourth-order valence-electron chi connectivity index (χ4n) is 3.21. The Bertz CT molecular complexity index is 665. The lowest BCUT2D eigenvalue weighted by Gasteiger charge is -2.26. The van der Waals surface area contributed by atoms with Crippen LogP contribution in [-0.4, -0.2) is 41.1 Å². The molecule has 6 heteroatoms. The summed E-state index contributed by atoms with van der Waals surface area (Å²) in [4.78, 5) is 38.7. The molecule has 0 saturated carbocycles. The van der Waals surface area contributed by atoms with Gasteiger partial charge >= 0.3 is 12.1 Å². The van der Waals surface area contributed by atoms with E-state index in [1.54, 1.807) is 20.8 Å². The van der Waals surface area contributed by atoms with Crippen LogP contribution in [0.4, 0.5) is 4.79 Å². The van der Waals surface area contributed by atoms with Crippen LogP contribution in [-0.2, 0) is 25.5 Å². The summed E-state index contributed by atoms with van der Waals surface area (Å²) in [6, 6.07) is 9.31. The van der Waals surface area contributed by atoms with Crippen LogP contribution in [0.15, 0.2) is 30.3 Å². The fraction of sp³-hybridized carbons (Fsp3) is 0.571. The van der Waals surface area contributed by atoms with Crippen molar-refractivity contribution in [1.29, 1.82) is 0 Å². The number of ether oxygens (including phenoxy) is 2. The highest BCUT2D eigenvalue weighted by Crippen LogP contribution is 2.24. The normalized spacial score (nSPS) is 18.1. The molecule has 6 nitrogen and oxygen atoms in total. The quantitative estimate of drug-likeness (QED) is 0.679. The summed E-state index contributed by atoms with van der Waals surface area (Å²) < 4.78 is 10.5. The molecule has 0 N–H and O–H groups in total. The minimum Gasteiger partial charge on any atom is -0.460 e. The average Bonchev–Trinajstić information content (AvgIpc) is 2.93. The van der Waals surface area contributed by atoms with Gasteiger partial charge in [-0.05, 0) is 39.2 Å². The molecule has 27 heavy (non-hydrogen) atoms. The number of nitrogens with zero attached hydrogens (tertiary/aromatic N) is 1. The summed E-state index contributed by atoms with van der Waals surface area (Å²) in [6.07, 6.45) is 1.10. The third-order valence-corrected chi connectivity index (χ3v) is 4.33. The van der Waals surface area contributed by atoms with Gasteiger partial charge in [0.05, 0.1) is 12.5 Å². The maximum atomic E-state index is 13.1. The highest BCUT2D eigenvalue weighted by molar-refractivity contribution is 5.96. The van der Waals surface area contributed by atoms with Crippen molar-refractivity contribution < 1.29 is 23.9 Å². The van der Waals surface area contributed by atoms with Crippen molar-refractivity contribution in [3.05, 3.63) is 35.9 Å². The van der Waals surface area contributed by atoms with Crippen LogP contribution in [0.3, 0.4) is 0 Å². The molecule has 0 aliphatic carbocycles. The Labute approximate surface area is 160 Å². The first-order chi connectivity index (χ1) is 12.7. The van der Waals surface area contributed by atoms with Crippen LogP contribution < -0.4 is 0 Å². The molecule has 1 heterocycles. The summed E-state index contributed by atoms with van der Waals surface area (Å²) in [6.45, 7) is 7.48. The lowest BCUT2D eigenvalue weighted by molar-refractivity contribution is -0.158. The zero-order valence-corrected chi connectivity index (χ0v) is 16.6. The van der Waals surface area contributed by atoms with Gasteiger partial charge in [0.2, 0.25) is 5.91 Å². The predicted octanol–water partition coefficient (Wildman–Crippen LogP) is 3.72. The summed E-state index contributed by atoms with van der Waals surface area (Å²) in [5.41, 5.74) is 0.414. The molecule has 1 unspecified atom stereocenters. The van der Waals surface area contributed by atoms with Crippen molar-refractivity contribution in [2.24, 2.45) is 5.92 Å². The molecule has 2 amide bonds. The number of amides is 2. The van der Waals surface area contributed by atoms with E-state index in [4.69, 9.17) is 9.47 Å². The van der Waals surface area contributed by atoms with Gasteiger partial charge < -0.3 is 9.47 Å². The molecule has 1 aliphatic heterocycles. The molecule has 0 aromatic heterocycles. The minimum atomic E-state index is -0.633. The number of benzene rings is 1. The van der Waals surface area contributed by atoms with Crippen molar-refractivity contribution in [3.8, 4) is 0 Å². The zero-order chi connectivity index (χ0) is 20.0. The lowest BCUT2D eigenvalue weighted by atomic mass is 9.96. The van der Waals surface area contributed by atoms with Gasteiger partial charge in [-0.15, -0.1) is 0 Å². The number of carbonyl (C=O) groups excluding carboxylic acids is 3. The van der Waals surface area contributed by atoms with Crippen LogP contribution in [0.2, 0.25) is 0 Å². The smallest absolute Gasteiger partial charge is 0.416 e. The molecule has 0 spiro atoms. The van der Waals surface area contributed by atoms with E-state index in [2.05, 4.69) is 0 Å². The Hall–Kier alpha value is -2.37. The number of carbonyl (C=O) groups is 3. The molecular weight excluding hydrogens is 346 g/mol. The third kappa shape index (κ3) is 6.08. The maximum Gasteiger partial charge on any atom is 0.416 e. The van der Waals surface area contributed by atoms with Gasteiger partial charge in [-0.25, -0.2) is 9.69 Å². The molecule has 1 saturated heterocycles. The van der Waals surface area contributed by atoms with E-state index in [1.165, 1.54) is 4.90 Å². The molecular formula is C21H29NO5. The molecule has 0 radical (unpaired) electrons. The van der Waals surface area contributed by atoms with E-state index in [9.17, 15) is 14.4 Å². The number of cyclic esters (lactones) is 1. The Balaban J connectivity index is 2.11. The van der Waals surface area contributed by atoms with Crippen molar-refractivity contribution in [2.45, 2.75) is 65.0 Å². The number of imide groups is 1. The number of rotatable bonds is 7. The molecule has 1 aliphatic rings. The Kier molecular flexibility index (Phi) is 6.99. The first kappa shape index (κ1) is 20.9. The van der Waals surface area contributed by atoms with Crippen molar-refractivity contribution in [2.75, 3.05) is 6.61 Å². The van der Waals surface area contributed by atoms with E-state index in [1.807, 2.05) is 37.3 Å². The summed E-state index contributed by atoms with van der Waals surface area (Å²) >= 11 is 0. The third-order valence-electron chi connectivity index (χ3n) is 4.33. The van der Waals surface area contributed by atoms with Gasteiger partial charge in [-0.1, -0.05) is 43.7 Å². The van der Waals surface area contributed by atoms with E-state index < -0.39 is 23.6 Å². The van der Waals surface area contributed by atoms with E-state index in [0.29, 0.717) is 12.8 Å². The Morgan fingerprint density at radius 3 is 2.52 bits per heavy atom. The highest BCUT2D eigenvalue weighted by Gasteiger charge is 2.41. The predicted molar refractivity (Wildman–Crippen MR) is 101 cm³/mol. The van der Waals surface area contributed by atoms with Gasteiger partial charge in [0.15, 0.2) is 0 Å². The number of hydrogen-bond donors (Lipinski definition) is 0. The van der Waals surface area contributed by atoms with Gasteiger partial charge in [0.25, 0.3) is 0 Å². The SMILES string of the molecule is CCC[C@H](CC(=O)OC(C)(C)C)C(=O)N1C(=O)OCC1Cc1ccccc1. The molecule has 148 valence electrons. The van der Waals surface area contributed by atoms with Crippen molar-refractivity contribution in [1.82, 2.24) is 4.90 Å². The van der Waals surface area contributed by atoms with Crippen LogP contribution in [0.1, 0.15) is 52.5 Å². The van der Waals surface area contributed by atoms with Crippen LogP contribution >= 0.6 is 0 Å². The second kappa shape index (κ2) is 9.02. The largest absolute Gasteiger partial charge is 0.460 e. The summed E-state index contributed by atoms with van der Waals surface area (Å²) in [5, 5.41) is 0.